The van der Waals surface area contributed by atoms with Crippen LogP contribution in [0.5, 0.6) is 0 Å². The Hall–Kier alpha value is -4.46. The SMILES string of the molecule is O=C(O)CCNc1cc(N2CCc3ccccc3CC2)nc(-c2cc(N3CCc4ccccc4CC3)ccn2)n1. The zero-order chi connectivity index (χ0) is 27.3. The van der Waals surface area contributed by atoms with Gasteiger partial charge in [0.15, 0.2) is 5.82 Å². The van der Waals surface area contributed by atoms with Crippen LogP contribution < -0.4 is 15.1 Å². The van der Waals surface area contributed by atoms with Gasteiger partial charge in [-0.3, -0.25) is 9.78 Å². The molecule has 0 atom stereocenters. The lowest BCUT2D eigenvalue weighted by Crippen LogP contribution is -2.27. The number of anilines is 3. The zero-order valence-electron chi connectivity index (χ0n) is 22.6. The molecule has 8 nitrogen and oxygen atoms in total. The molecule has 6 rings (SSSR count). The molecular weight excluding hydrogens is 500 g/mol. The van der Waals surface area contributed by atoms with Gasteiger partial charge in [-0.15, -0.1) is 0 Å². The average molecular weight is 535 g/mol. The number of carboxylic acids is 1. The van der Waals surface area contributed by atoms with Gasteiger partial charge >= 0.3 is 5.97 Å². The molecule has 2 aliphatic heterocycles. The Balaban J connectivity index is 1.28. The molecule has 0 amide bonds. The fourth-order valence-electron chi connectivity index (χ4n) is 5.66. The summed E-state index contributed by atoms with van der Waals surface area (Å²) in [7, 11) is 0. The van der Waals surface area contributed by atoms with Crippen LogP contribution in [0.4, 0.5) is 17.3 Å². The molecule has 4 heterocycles. The van der Waals surface area contributed by atoms with E-state index in [9.17, 15) is 4.79 Å². The third kappa shape index (κ3) is 5.91. The van der Waals surface area contributed by atoms with Crippen molar-refractivity contribution in [2.45, 2.75) is 32.1 Å². The number of hydrogen-bond donors (Lipinski definition) is 2. The van der Waals surface area contributed by atoms with E-state index in [4.69, 9.17) is 15.1 Å². The molecule has 4 aromatic rings. The van der Waals surface area contributed by atoms with Crippen LogP contribution in [0.1, 0.15) is 28.7 Å². The van der Waals surface area contributed by atoms with E-state index in [-0.39, 0.29) is 6.42 Å². The standard InChI is InChI=1S/C32H34N6O2/c39-31(40)10-16-34-29-22-30(38-19-13-25-7-3-4-8-26(25)14-20-38)36-32(35-29)28-21-27(9-15-33-28)37-17-11-23-5-1-2-6-24(23)12-18-37/h1-9,15,21-22H,10-14,16-20H2,(H,39,40)(H,34,35,36). The minimum absolute atomic E-state index is 0.0127. The van der Waals surface area contributed by atoms with Gasteiger partial charge < -0.3 is 20.2 Å². The predicted octanol–water partition coefficient (Wildman–Crippen LogP) is 4.64. The highest BCUT2D eigenvalue weighted by Crippen LogP contribution is 2.27. The molecule has 2 aromatic heterocycles. The van der Waals surface area contributed by atoms with Crippen LogP contribution in [0.3, 0.4) is 0 Å². The zero-order valence-corrected chi connectivity index (χ0v) is 22.6. The number of fused-ring (bicyclic) bond motifs is 2. The molecule has 0 unspecified atom stereocenters. The summed E-state index contributed by atoms with van der Waals surface area (Å²) >= 11 is 0. The lowest BCUT2D eigenvalue weighted by molar-refractivity contribution is -0.136. The van der Waals surface area contributed by atoms with E-state index in [2.05, 4.69) is 80.8 Å². The Bertz CT molecular complexity index is 1450. The average Bonchev–Trinajstić information content (AvgIpc) is 3.34. The predicted molar refractivity (Wildman–Crippen MR) is 158 cm³/mol. The van der Waals surface area contributed by atoms with Crippen LogP contribution in [0.2, 0.25) is 0 Å². The first-order valence-corrected chi connectivity index (χ1v) is 14.1. The van der Waals surface area contributed by atoms with Crippen molar-refractivity contribution in [2.24, 2.45) is 0 Å². The molecule has 204 valence electrons. The molecule has 0 radical (unpaired) electrons. The number of hydrogen-bond acceptors (Lipinski definition) is 7. The summed E-state index contributed by atoms with van der Waals surface area (Å²) in [5.41, 5.74) is 7.43. The normalized spacial score (nSPS) is 15.0. The summed E-state index contributed by atoms with van der Waals surface area (Å²) in [4.78, 5) is 30.3. The van der Waals surface area contributed by atoms with E-state index in [0.717, 1.165) is 63.4 Å². The molecule has 0 saturated heterocycles. The van der Waals surface area contributed by atoms with Gasteiger partial charge in [0.1, 0.15) is 17.3 Å². The Kier molecular flexibility index (Phi) is 7.57. The maximum Gasteiger partial charge on any atom is 0.305 e. The van der Waals surface area contributed by atoms with E-state index >= 15 is 0 Å². The first-order chi connectivity index (χ1) is 19.6. The largest absolute Gasteiger partial charge is 0.481 e. The summed E-state index contributed by atoms with van der Waals surface area (Å²) in [5.74, 6) is 1.13. The number of aromatic nitrogens is 3. The van der Waals surface area contributed by atoms with E-state index in [1.165, 1.54) is 22.3 Å². The van der Waals surface area contributed by atoms with Gasteiger partial charge in [-0.1, -0.05) is 48.5 Å². The lowest BCUT2D eigenvalue weighted by Gasteiger charge is -2.24. The summed E-state index contributed by atoms with van der Waals surface area (Å²) in [6.45, 7) is 3.88. The second-order valence-corrected chi connectivity index (χ2v) is 10.4. The summed E-state index contributed by atoms with van der Waals surface area (Å²) in [5, 5.41) is 12.3. The highest BCUT2D eigenvalue weighted by molar-refractivity contribution is 5.68. The Morgan fingerprint density at radius 1 is 0.775 bits per heavy atom. The number of carboxylic acid groups (broad SMARTS) is 1. The summed E-state index contributed by atoms with van der Waals surface area (Å²) < 4.78 is 0. The van der Waals surface area contributed by atoms with Crippen LogP contribution in [0.15, 0.2) is 72.9 Å². The number of benzene rings is 2. The monoisotopic (exact) mass is 534 g/mol. The van der Waals surface area contributed by atoms with Gasteiger partial charge in [-0.25, -0.2) is 9.97 Å². The van der Waals surface area contributed by atoms with Crippen LogP contribution in [0, 0.1) is 0 Å². The molecule has 8 heteroatoms. The van der Waals surface area contributed by atoms with Crippen molar-refractivity contribution in [2.75, 3.05) is 47.8 Å². The van der Waals surface area contributed by atoms with Crippen molar-refractivity contribution in [3.05, 3.63) is 95.2 Å². The fraction of sp³-hybridized carbons (Fsp3) is 0.312. The molecule has 0 aliphatic carbocycles. The van der Waals surface area contributed by atoms with E-state index in [1.807, 2.05) is 12.3 Å². The summed E-state index contributed by atoms with van der Waals surface area (Å²) in [6, 6.07) is 23.4. The third-order valence-electron chi connectivity index (χ3n) is 7.86. The van der Waals surface area contributed by atoms with Crippen LogP contribution in [-0.2, 0) is 30.5 Å². The molecule has 0 bridgehead atoms. The summed E-state index contributed by atoms with van der Waals surface area (Å²) in [6.07, 6.45) is 5.76. The van der Waals surface area contributed by atoms with Gasteiger partial charge in [-0.2, -0.15) is 0 Å². The minimum Gasteiger partial charge on any atom is -0.481 e. The van der Waals surface area contributed by atoms with Crippen LogP contribution in [0.25, 0.3) is 11.5 Å². The molecule has 0 spiro atoms. The van der Waals surface area contributed by atoms with Crippen LogP contribution in [-0.4, -0.2) is 58.8 Å². The van der Waals surface area contributed by atoms with Crippen molar-refractivity contribution >= 4 is 23.3 Å². The first kappa shape index (κ1) is 25.8. The second-order valence-electron chi connectivity index (χ2n) is 10.4. The molecule has 0 saturated carbocycles. The van der Waals surface area contributed by atoms with Gasteiger partial charge in [0, 0.05) is 50.7 Å². The third-order valence-corrected chi connectivity index (χ3v) is 7.86. The topological polar surface area (TPSA) is 94.5 Å². The minimum atomic E-state index is -0.846. The Labute approximate surface area is 234 Å². The van der Waals surface area contributed by atoms with E-state index in [0.29, 0.717) is 23.9 Å². The fourth-order valence-corrected chi connectivity index (χ4v) is 5.66. The van der Waals surface area contributed by atoms with E-state index < -0.39 is 5.97 Å². The van der Waals surface area contributed by atoms with Crippen molar-refractivity contribution in [3.8, 4) is 11.5 Å². The smallest absolute Gasteiger partial charge is 0.305 e. The van der Waals surface area contributed by atoms with Gasteiger partial charge in [-0.05, 0) is 60.1 Å². The first-order valence-electron chi connectivity index (χ1n) is 14.1. The van der Waals surface area contributed by atoms with Crippen molar-refractivity contribution < 1.29 is 9.90 Å². The number of rotatable bonds is 7. The second kappa shape index (κ2) is 11.7. The number of pyridine rings is 1. The Morgan fingerprint density at radius 2 is 1.35 bits per heavy atom. The number of carbonyl (C=O) groups is 1. The molecule has 2 N–H and O–H groups in total. The van der Waals surface area contributed by atoms with E-state index in [1.54, 1.807) is 0 Å². The molecule has 2 aliphatic rings. The highest BCUT2D eigenvalue weighted by atomic mass is 16.4. The lowest BCUT2D eigenvalue weighted by atomic mass is 10.0. The molecule has 2 aromatic carbocycles. The molecule has 40 heavy (non-hydrogen) atoms. The van der Waals surface area contributed by atoms with Crippen LogP contribution >= 0.6 is 0 Å². The van der Waals surface area contributed by atoms with Gasteiger partial charge in [0.05, 0.1) is 6.42 Å². The highest BCUT2D eigenvalue weighted by Gasteiger charge is 2.19. The molecule has 0 fully saturated rings. The van der Waals surface area contributed by atoms with Gasteiger partial charge in [0.2, 0.25) is 0 Å². The number of nitrogens with zero attached hydrogens (tertiary/aromatic N) is 5. The van der Waals surface area contributed by atoms with Crippen molar-refractivity contribution in [1.82, 2.24) is 15.0 Å². The number of aliphatic carboxylic acids is 1. The Morgan fingerprint density at radius 3 is 1.93 bits per heavy atom. The quantitative estimate of drug-likeness (QED) is 0.354. The maximum atomic E-state index is 11.1. The van der Waals surface area contributed by atoms with Crippen molar-refractivity contribution in [3.63, 3.8) is 0 Å². The maximum absolute atomic E-state index is 11.1. The van der Waals surface area contributed by atoms with Crippen molar-refractivity contribution in [1.29, 1.82) is 0 Å². The van der Waals surface area contributed by atoms with Gasteiger partial charge in [0.25, 0.3) is 0 Å². The number of nitrogens with one attached hydrogen (secondary N) is 1. The molecular formula is C32H34N6O2.